The molecule has 0 aromatic rings. The normalized spacial score (nSPS) is 19.5. The molecular weight excluding hydrogens is 274 g/mol. The largest absolute Gasteiger partial charge is 0.480 e. The Hall–Kier alpha value is -1.34. The maximum Gasteiger partial charge on any atom is 0.329 e. The molecule has 1 aliphatic carbocycles. The highest BCUT2D eigenvalue weighted by molar-refractivity contribution is 5.74. The first-order valence-corrected chi connectivity index (χ1v) is 7.74. The zero-order valence-electron chi connectivity index (χ0n) is 12.3. The van der Waals surface area contributed by atoms with Crippen LogP contribution in [-0.4, -0.2) is 66.9 Å². The summed E-state index contributed by atoms with van der Waals surface area (Å²) in [4.78, 5) is 24.1. The standard InChI is InChI=1S/C14H25N3O4/c18-13(19)10-21-12-4-8-17(9-5-12)14(20)16-7-1-6-15-11-2-3-11/h11-12,15H,1-10H2,(H,16,20)(H,18,19). The number of aliphatic carboxylic acids is 1. The van der Waals surface area contributed by atoms with E-state index in [0.717, 1.165) is 13.0 Å². The van der Waals surface area contributed by atoms with Gasteiger partial charge in [0.25, 0.3) is 0 Å². The summed E-state index contributed by atoms with van der Waals surface area (Å²) < 4.78 is 5.25. The highest BCUT2D eigenvalue weighted by atomic mass is 16.5. The SMILES string of the molecule is O=C(O)COC1CCN(C(=O)NCCCNC2CC2)CC1. The van der Waals surface area contributed by atoms with E-state index in [1.807, 2.05) is 0 Å². The Morgan fingerprint density at radius 2 is 1.86 bits per heavy atom. The molecule has 0 unspecified atom stereocenters. The van der Waals surface area contributed by atoms with Crippen molar-refractivity contribution >= 4 is 12.0 Å². The molecule has 0 aromatic heterocycles. The molecule has 1 saturated heterocycles. The van der Waals surface area contributed by atoms with E-state index in [-0.39, 0.29) is 18.7 Å². The predicted molar refractivity (Wildman–Crippen MR) is 77.2 cm³/mol. The predicted octanol–water partition coefficient (Wildman–Crippen LogP) is 0.404. The van der Waals surface area contributed by atoms with Crippen LogP contribution in [0.2, 0.25) is 0 Å². The number of nitrogens with zero attached hydrogens (tertiary/aromatic N) is 1. The summed E-state index contributed by atoms with van der Waals surface area (Å²) in [6.45, 7) is 2.63. The van der Waals surface area contributed by atoms with Crippen LogP contribution in [0.25, 0.3) is 0 Å². The van der Waals surface area contributed by atoms with Gasteiger partial charge < -0.3 is 25.4 Å². The monoisotopic (exact) mass is 299 g/mol. The van der Waals surface area contributed by atoms with Gasteiger partial charge in [0.1, 0.15) is 6.61 Å². The quantitative estimate of drug-likeness (QED) is 0.565. The van der Waals surface area contributed by atoms with Crippen molar-refractivity contribution in [3.8, 4) is 0 Å². The number of ether oxygens (including phenoxy) is 1. The number of rotatable bonds is 8. The molecule has 2 amide bonds. The fourth-order valence-corrected chi connectivity index (χ4v) is 2.40. The van der Waals surface area contributed by atoms with E-state index in [4.69, 9.17) is 9.84 Å². The zero-order chi connectivity index (χ0) is 15.1. The summed E-state index contributed by atoms with van der Waals surface area (Å²) in [5.74, 6) is -0.949. The first-order valence-electron chi connectivity index (χ1n) is 7.74. The minimum absolute atomic E-state index is 0.0295. The second kappa shape index (κ2) is 8.19. The molecule has 0 aromatic carbocycles. The maximum absolute atomic E-state index is 11.9. The van der Waals surface area contributed by atoms with E-state index in [1.54, 1.807) is 4.90 Å². The van der Waals surface area contributed by atoms with E-state index >= 15 is 0 Å². The molecule has 2 fully saturated rings. The second-order valence-corrected chi connectivity index (χ2v) is 5.71. The van der Waals surface area contributed by atoms with Crippen molar-refractivity contribution in [2.45, 2.75) is 44.2 Å². The molecule has 1 heterocycles. The number of likely N-dealkylation sites (tertiary alicyclic amines) is 1. The fraction of sp³-hybridized carbons (Fsp3) is 0.857. The number of hydrogen-bond acceptors (Lipinski definition) is 4. The highest BCUT2D eigenvalue weighted by Gasteiger charge is 2.23. The summed E-state index contributed by atoms with van der Waals surface area (Å²) in [5.41, 5.74) is 0. The second-order valence-electron chi connectivity index (χ2n) is 5.71. The lowest BCUT2D eigenvalue weighted by atomic mass is 10.1. The third-order valence-corrected chi connectivity index (χ3v) is 3.81. The number of piperidine rings is 1. The van der Waals surface area contributed by atoms with Crippen molar-refractivity contribution < 1.29 is 19.4 Å². The first-order chi connectivity index (χ1) is 10.1. The lowest BCUT2D eigenvalue weighted by Crippen LogP contribution is -2.46. The van der Waals surface area contributed by atoms with Crippen LogP contribution in [-0.2, 0) is 9.53 Å². The van der Waals surface area contributed by atoms with E-state index < -0.39 is 5.97 Å². The minimum Gasteiger partial charge on any atom is -0.480 e. The van der Waals surface area contributed by atoms with E-state index in [2.05, 4.69) is 10.6 Å². The first kappa shape index (κ1) is 16.0. The molecule has 0 radical (unpaired) electrons. The molecule has 0 atom stereocenters. The number of carboxylic acids is 1. The Balaban J connectivity index is 1.51. The molecular formula is C14H25N3O4. The van der Waals surface area contributed by atoms with Crippen LogP contribution >= 0.6 is 0 Å². The lowest BCUT2D eigenvalue weighted by molar-refractivity contribution is -0.145. The van der Waals surface area contributed by atoms with Crippen molar-refractivity contribution in [2.75, 3.05) is 32.8 Å². The Kier molecular flexibility index (Phi) is 6.25. The van der Waals surface area contributed by atoms with Crippen molar-refractivity contribution in [1.29, 1.82) is 0 Å². The number of nitrogens with one attached hydrogen (secondary N) is 2. The van der Waals surface area contributed by atoms with Crippen LogP contribution in [0, 0.1) is 0 Å². The van der Waals surface area contributed by atoms with Crippen LogP contribution in [0.3, 0.4) is 0 Å². The lowest BCUT2D eigenvalue weighted by Gasteiger charge is -2.31. The van der Waals surface area contributed by atoms with Gasteiger partial charge in [0.05, 0.1) is 6.10 Å². The summed E-state index contributed by atoms with van der Waals surface area (Å²) in [5, 5.41) is 14.9. The average Bonchev–Trinajstić information content (AvgIpc) is 3.29. The Bertz CT molecular complexity index is 352. The topological polar surface area (TPSA) is 90.9 Å². The highest BCUT2D eigenvalue weighted by Crippen LogP contribution is 2.18. The summed E-state index contributed by atoms with van der Waals surface area (Å²) >= 11 is 0. The van der Waals surface area contributed by atoms with Crippen LogP contribution in [0.5, 0.6) is 0 Å². The summed E-state index contributed by atoms with van der Waals surface area (Å²) in [7, 11) is 0. The number of carbonyl (C=O) groups is 2. The molecule has 2 aliphatic rings. The molecule has 7 heteroatoms. The van der Waals surface area contributed by atoms with Gasteiger partial charge >= 0.3 is 12.0 Å². The van der Waals surface area contributed by atoms with Gasteiger partial charge in [-0.05, 0) is 38.6 Å². The van der Waals surface area contributed by atoms with Gasteiger partial charge in [0.15, 0.2) is 0 Å². The molecule has 21 heavy (non-hydrogen) atoms. The molecule has 120 valence electrons. The molecule has 7 nitrogen and oxygen atoms in total. The number of urea groups is 1. The van der Waals surface area contributed by atoms with Gasteiger partial charge in [0, 0.05) is 25.7 Å². The zero-order valence-corrected chi connectivity index (χ0v) is 12.3. The third-order valence-electron chi connectivity index (χ3n) is 3.81. The van der Waals surface area contributed by atoms with Crippen LogP contribution in [0.1, 0.15) is 32.1 Å². The molecule has 0 spiro atoms. The number of carbonyl (C=O) groups excluding carboxylic acids is 1. The van der Waals surface area contributed by atoms with Crippen LogP contribution in [0.15, 0.2) is 0 Å². The maximum atomic E-state index is 11.9. The van der Waals surface area contributed by atoms with Gasteiger partial charge in [-0.3, -0.25) is 0 Å². The van der Waals surface area contributed by atoms with Gasteiger partial charge in [-0.25, -0.2) is 9.59 Å². The third kappa shape index (κ3) is 6.31. The van der Waals surface area contributed by atoms with E-state index in [1.165, 1.54) is 12.8 Å². The van der Waals surface area contributed by atoms with Gasteiger partial charge in [-0.1, -0.05) is 0 Å². The van der Waals surface area contributed by atoms with Crippen molar-refractivity contribution in [3.63, 3.8) is 0 Å². The summed E-state index contributed by atoms with van der Waals surface area (Å²) in [6.07, 6.45) is 4.86. The molecule has 1 saturated carbocycles. The minimum atomic E-state index is -0.949. The van der Waals surface area contributed by atoms with Gasteiger partial charge in [-0.2, -0.15) is 0 Å². The van der Waals surface area contributed by atoms with Gasteiger partial charge in [0.2, 0.25) is 0 Å². The van der Waals surface area contributed by atoms with E-state index in [0.29, 0.717) is 38.5 Å². The molecule has 2 rings (SSSR count). The van der Waals surface area contributed by atoms with Crippen LogP contribution < -0.4 is 10.6 Å². The van der Waals surface area contributed by atoms with Gasteiger partial charge in [-0.15, -0.1) is 0 Å². The van der Waals surface area contributed by atoms with Crippen molar-refractivity contribution in [1.82, 2.24) is 15.5 Å². The average molecular weight is 299 g/mol. The Morgan fingerprint density at radius 1 is 1.14 bits per heavy atom. The van der Waals surface area contributed by atoms with Crippen molar-refractivity contribution in [3.05, 3.63) is 0 Å². The van der Waals surface area contributed by atoms with Crippen LogP contribution in [0.4, 0.5) is 4.79 Å². The number of amides is 2. The molecule has 1 aliphatic heterocycles. The number of carboxylic acid groups (broad SMARTS) is 1. The molecule has 3 N–H and O–H groups in total. The molecule has 0 bridgehead atoms. The Labute approximate surface area is 125 Å². The Morgan fingerprint density at radius 3 is 2.48 bits per heavy atom. The van der Waals surface area contributed by atoms with E-state index in [9.17, 15) is 9.59 Å². The summed E-state index contributed by atoms with van der Waals surface area (Å²) in [6, 6.07) is 0.684. The number of hydrogen-bond donors (Lipinski definition) is 3. The smallest absolute Gasteiger partial charge is 0.329 e. The fourth-order valence-electron chi connectivity index (χ4n) is 2.40. The van der Waals surface area contributed by atoms with Crippen molar-refractivity contribution in [2.24, 2.45) is 0 Å².